The second-order valence-corrected chi connectivity index (χ2v) is 6.07. The number of nitrogens with zero attached hydrogens (tertiary/aromatic N) is 1. The van der Waals surface area contributed by atoms with Crippen molar-refractivity contribution in [2.45, 2.75) is 10.4 Å². The van der Waals surface area contributed by atoms with Crippen LogP contribution in [-0.4, -0.2) is 33.7 Å². The van der Waals surface area contributed by atoms with Gasteiger partial charge in [0.25, 0.3) is 0 Å². The van der Waals surface area contributed by atoms with Gasteiger partial charge in [-0.15, -0.1) is 11.6 Å². The molecule has 1 aromatic carbocycles. The van der Waals surface area contributed by atoms with Gasteiger partial charge in [0.15, 0.2) is 9.84 Å². The summed E-state index contributed by atoms with van der Waals surface area (Å²) in [6.07, 6.45) is 1.19. The van der Waals surface area contributed by atoms with Crippen LogP contribution in [0.5, 0.6) is 0 Å². The molecule has 0 heterocycles. The third-order valence-electron chi connectivity index (χ3n) is 2.04. The van der Waals surface area contributed by atoms with Gasteiger partial charge in [-0.25, -0.2) is 8.42 Å². The van der Waals surface area contributed by atoms with Crippen LogP contribution in [0.1, 0.15) is 11.1 Å². The van der Waals surface area contributed by atoms with Gasteiger partial charge in [-0.1, -0.05) is 12.1 Å². The van der Waals surface area contributed by atoms with Gasteiger partial charge in [0.1, 0.15) is 5.50 Å². The van der Waals surface area contributed by atoms with Gasteiger partial charge in [-0.2, -0.15) is 0 Å². The van der Waals surface area contributed by atoms with Crippen LogP contribution in [0.2, 0.25) is 0 Å². The zero-order chi connectivity index (χ0) is 11.6. The van der Waals surface area contributed by atoms with E-state index in [4.69, 9.17) is 11.6 Å². The molecule has 0 saturated heterocycles. The first kappa shape index (κ1) is 12.5. The topological polar surface area (TPSA) is 37.4 Å². The largest absolute Gasteiger partial charge is 0.290 e. The predicted octanol–water partition coefficient (Wildman–Crippen LogP) is 1.89. The molecule has 0 spiro atoms. The molecule has 0 aliphatic rings. The summed E-state index contributed by atoms with van der Waals surface area (Å²) in [5.74, 6) is 0. The van der Waals surface area contributed by atoms with Crippen LogP contribution in [0.25, 0.3) is 0 Å². The highest BCUT2D eigenvalue weighted by Gasteiger charge is 2.11. The fourth-order valence-electron chi connectivity index (χ4n) is 1.17. The lowest BCUT2D eigenvalue weighted by atomic mass is 10.2. The summed E-state index contributed by atoms with van der Waals surface area (Å²) >= 11 is 6.08. The van der Waals surface area contributed by atoms with Crippen molar-refractivity contribution >= 4 is 21.4 Å². The van der Waals surface area contributed by atoms with Crippen LogP contribution in [0.15, 0.2) is 29.2 Å². The summed E-state index contributed by atoms with van der Waals surface area (Å²) in [5, 5.41) is 0. The zero-order valence-corrected chi connectivity index (χ0v) is 10.5. The van der Waals surface area contributed by atoms with Crippen molar-refractivity contribution in [3.63, 3.8) is 0 Å². The van der Waals surface area contributed by atoms with Gasteiger partial charge in [-0.05, 0) is 31.8 Å². The van der Waals surface area contributed by atoms with Gasteiger partial charge in [0, 0.05) is 6.26 Å². The first-order valence-corrected chi connectivity index (χ1v) is 6.75. The molecule has 0 aliphatic carbocycles. The Kier molecular flexibility index (Phi) is 3.76. The molecule has 0 aliphatic heterocycles. The van der Waals surface area contributed by atoms with E-state index in [1.165, 1.54) is 6.26 Å². The molecule has 1 aromatic rings. The number of sulfone groups is 1. The maximum absolute atomic E-state index is 11.2. The number of rotatable bonds is 3. The molecule has 84 valence electrons. The van der Waals surface area contributed by atoms with E-state index < -0.39 is 9.84 Å². The zero-order valence-electron chi connectivity index (χ0n) is 8.94. The smallest absolute Gasteiger partial charge is 0.175 e. The minimum atomic E-state index is -3.12. The van der Waals surface area contributed by atoms with Crippen molar-refractivity contribution in [3.8, 4) is 0 Å². The molecule has 0 fully saturated rings. The molecule has 0 radical (unpaired) electrons. The van der Waals surface area contributed by atoms with Crippen molar-refractivity contribution < 1.29 is 8.42 Å². The van der Waals surface area contributed by atoms with Crippen molar-refractivity contribution in [2.24, 2.45) is 0 Å². The third-order valence-corrected chi connectivity index (χ3v) is 3.81. The molecule has 0 aromatic heterocycles. The fourth-order valence-corrected chi connectivity index (χ4v) is 1.95. The SMILES string of the molecule is CN(C)C(Cl)c1ccc(S(C)(=O)=O)cc1. The van der Waals surface area contributed by atoms with Crippen LogP contribution in [0.3, 0.4) is 0 Å². The van der Waals surface area contributed by atoms with E-state index in [9.17, 15) is 8.42 Å². The van der Waals surface area contributed by atoms with E-state index in [1.807, 2.05) is 19.0 Å². The first-order chi connectivity index (χ1) is 6.82. The maximum atomic E-state index is 11.2. The van der Waals surface area contributed by atoms with Gasteiger partial charge in [0.2, 0.25) is 0 Å². The highest BCUT2D eigenvalue weighted by atomic mass is 35.5. The Hall–Kier alpha value is -0.580. The lowest BCUT2D eigenvalue weighted by Crippen LogP contribution is -2.14. The summed E-state index contributed by atoms with van der Waals surface area (Å²) in [4.78, 5) is 2.16. The number of benzene rings is 1. The highest BCUT2D eigenvalue weighted by Crippen LogP contribution is 2.23. The molecular weight excluding hydrogens is 234 g/mol. The summed E-state index contributed by atoms with van der Waals surface area (Å²) in [6.45, 7) is 0. The molecule has 1 atom stereocenters. The minimum Gasteiger partial charge on any atom is -0.290 e. The molecular formula is C10H14ClNO2S. The number of alkyl halides is 1. The van der Waals surface area contributed by atoms with Crippen LogP contribution in [0.4, 0.5) is 0 Å². The van der Waals surface area contributed by atoms with Gasteiger partial charge in [0.05, 0.1) is 4.90 Å². The third kappa shape index (κ3) is 3.19. The Morgan fingerprint density at radius 3 is 2.00 bits per heavy atom. The standard InChI is InChI=1S/C10H14ClNO2S/c1-12(2)10(11)8-4-6-9(7-5-8)15(3,13)14/h4-7,10H,1-3H3. The lowest BCUT2D eigenvalue weighted by molar-refractivity contribution is 0.384. The van der Waals surface area contributed by atoms with Crippen molar-refractivity contribution in [1.82, 2.24) is 4.90 Å². The summed E-state index contributed by atoms with van der Waals surface area (Å²) in [7, 11) is 0.604. The van der Waals surface area contributed by atoms with E-state index in [0.29, 0.717) is 4.90 Å². The normalized spacial score (nSPS) is 14.2. The second kappa shape index (κ2) is 4.51. The van der Waals surface area contributed by atoms with Gasteiger partial charge < -0.3 is 0 Å². The Bertz CT molecular complexity index is 425. The molecule has 0 bridgehead atoms. The molecule has 1 unspecified atom stereocenters. The molecule has 0 amide bonds. The lowest BCUT2D eigenvalue weighted by Gasteiger charge is -2.17. The maximum Gasteiger partial charge on any atom is 0.175 e. The molecule has 15 heavy (non-hydrogen) atoms. The Morgan fingerprint density at radius 2 is 1.67 bits per heavy atom. The molecule has 0 saturated carbocycles. The van der Waals surface area contributed by atoms with Gasteiger partial charge >= 0.3 is 0 Å². The monoisotopic (exact) mass is 247 g/mol. The number of hydrogen-bond donors (Lipinski definition) is 0. The van der Waals surface area contributed by atoms with Gasteiger partial charge in [-0.3, -0.25) is 4.90 Å². The van der Waals surface area contributed by atoms with Crippen molar-refractivity contribution in [2.75, 3.05) is 20.4 Å². The van der Waals surface area contributed by atoms with Crippen LogP contribution < -0.4 is 0 Å². The predicted molar refractivity (Wildman–Crippen MR) is 61.8 cm³/mol. The van der Waals surface area contributed by atoms with E-state index in [0.717, 1.165) is 5.56 Å². The van der Waals surface area contributed by atoms with Crippen LogP contribution in [-0.2, 0) is 9.84 Å². The first-order valence-electron chi connectivity index (χ1n) is 4.43. The second-order valence-electron chi connectivity index (χ2n) is 3.64. The Morgan fingerprint density at radius 1 is 1.20 bits per heavy atom. The summed E-state index contributed by atoms with van der Waals surface area (Å²) in [5.41, 5.74) is 0.646. The average Bonchev–Trinajstić information content (AvgIpc) is 2.15. The van der Waals surface area contributed by atoms with E-state index in [-0.39, 0.29) is 5.50 Å². The van der Waals surface area contributed by atoms with Crippen LogP contribution >= 0.6 is 11.6 Å². The molecule has 1 rings (SSSR count). The molecule has 5 heteroatoms. The quantitative estimate of drug-likeness (QED) is 0.605. The van der Waals surface area contributed by atoms with E-state index >= 15 is 0 Å². The Labute approximate surface area is 95.6 Å². The minimum absolute atomic E-state index is 0.237. The molecule has 3 nitrogen and oxygen atoms in total. The van der Waals surface area contributed by atoms with E-state index in [2.05, 4.69) is 0 Å². The van der Waals surface area contributed by atoms with Crippen molar-refractivity contribution in [1.29, 1.82) is 0 Å². The summed E-state index contributed by atoms with van der Waals surface area (Å²) in [6, 6.07) is 6.61. The summed E-state index contributed by atoms with van der Waals surface area (Å²) < 4.78 is 22.4. The number of halogens is 1. The average molecular weight is 248 g/mol. The number of hydrogen-bond acceptors (Lipinski definition) is 3. The van der Waals surface area contributed by atoms with Crippen molar-refractivity contribution in [3.05, 3.63) is 29.8 Å². The Balaban J connectivity index is 3.01. The fraction of sp³-hybridized carbons (Fsp3) is 0.400. The highest BCUT2D eigenvalue weighted by molar-refractivity contribution is 7.90. The van der Waals surface area contributed by atoms with E-state index in [1.54, 1.807) is 24.3 Å². The molecule has 0 N–H and O–H groups in total. The van der Waals surface area contributed by atoms with Crippen LogP contribution in [0, 0.1) is 0 Å².